The van der Waals surface area contributed by atoms with E-state index in [9.17, 15) is 9.59 Å². The second-order valence-electron chi connectivity index (χ2n) is 6.93. The van der Waals surface area contributed by atoms with E-state index in [-0.39, 0.29) is 17.9 Å². The zero-order valence-corrected chi connectivity index (χ0v) is 13.6. The Balaban J connectivity index is 1.87. The van der Waals surface area contributed by atoms with E-state index in [4.69, 9.17) is 4.74 Å². The number of H-pyrrole nitrogens is 1. The maximum atomic E-state index is 12.3. The second kappa shape index (κ2) is 5.68. The molecule has 0 aromatic carbocycles. The predicted molar refractivity (Wildman–Crippen MR) is 86.2 cm³/mol. The van der Waals surface area contributed by atoms with Gasteiger partial charge in [0, 0.05) is 48.2 Å². The first kappa shape index (κ1) is 15.5. The fraction of sp³-hybridized carbons (Fsp3) is 0.471. The van der Waals surface area contributed by atoms with Crippen molar-refractivity contribution in [3.63, 3.8) is 0 Å². The van der Waals surface area contributed by atoms with Crippen molar-refractivity contribution < 1.29 is 14.3 Å². The van der Waals surface area contributed by atoms with E-state index in [1.807, 2.05) is 39.1 Å². The summed E-state index contributed by atoms with van der Waals surface area (Å²) < 4.78 is 5.42. The van der Waals surface area contributed by atoms with Crippen LogP contribution in [0.3, 0.4) is 0 Å². The largest absolute Gasteiger partial charge is 0.444 e. The van der Waals surface area contributed by atoms with Crippen LogP contribution >= 0.6 is 0 Å². The topological polar surface area (TPSA) is 75.3 Å². The van der Waals surface area contributed by atoms with Crippen LogP contribution in [0.4, 0.5) is 4.79 Å². The smallest absolute Gasteiger partial charge is 0.410 e. The number of aromatic nitrogens is 2. The molecule has 122 valence electrons. The number of fused-ring (bicyclic) bond motifs is 1. The standard InChI is InChI=1S/C17H21N3O3/c1-17(2,3)23-16(22)20-8-11(10-21)13(9-20)15-12-4-6-18-14(12)5-7-19-15/h4-7,10-11,13,18H,8-9H2,1-3H3/t11-,13-/m1/s1. The van der Waals surface area contributed by atoms with E-state index >= 15 is 0 Å². The normalized spacial score (nSPS) is 21.6. The molecule has 0 saturated carbocycles. The molecule has 0 spiro atoms. The van der Waals surface area contributed by atoms with Crippen molar-refractivity contribution in [1.29, 1.82) is 0 Å². The van der Waals surface area contributed by atoms with Gasteiger partial charge >= 0.3 is 6.09 Å². The first-order chi connectivity index (χ1) is 10.9. The quantitative estimate of drug-likeness (QED) is 0.865. The summed E-state index contributed by atoms with van der Waals surface area (Å²) in [7, 11) is 0. The van der Waals surface area contributed by atoms with Crippen molar-refractivity contribution in [2.75, 3.05) is 13.1 Å². The van der Waals surface area contributed by atoms with Gasteiger partial charge in [-0.3, -0.25) is 4.98 Å². The minimum absolute atomic E-state index is 0.112. The zero-order chi connectivity index (χ0) is 16.6. The van der Waals surface area contributed by atoms with Crippen LogP contribution in [0.5, 0.6) is 0 Å². The molecule has 0 radical (unpaired) electrons. The molecule has 6 nitrogen and oxygen atoms in total. The predicted octanol–water partition coefficient (Wildman–Crippen LogP) is 2.71. The number of carbonyl (C=O) groups excluding carboxylic acids is 2. The molecule has 0 bridgehead atoms. The fourth-order valence-corrected chi connectivity index (χ4v) is 3.03. The van der Waals surface area contributed by atoms with Gasteiger partial charge in [-0.05, 0) is 32.9 Å². The number of nitrogens with one attached hydrogen (secondary N) is 1. The van der Waals surface area contributed by atoms with Gasteiger partial charge < -0.3 is 19.4 Å². The number of aldehydes is 1. The Labute approximate surface area is 134 Å². The molecule has 3 rings (SSSR count). The number of aromatic amines is 1. The second-order valence-corrected chi connectivity index (χ2v) is 6.93. The van der Waals surface area contributed by atoms with Crippen LogP contribution in [0, 0.1) is 5.92 Å². The lowest BCUT2D eigenvalue weighted by atomic mass is 9.92. The molecule has 0 aliphatic carbocycles. The summed E-state index contributed by atoms with van der Waals surface area (Å²) in [5.74, 6) is -0.380. The van der Waals surface area contributed by atoms with Crippen molar-refractivity contribution in [2.24, 2.45) is 5.92 Å². The minimum Gasteiger partial charge on any atom is -0.444 e. The lowest BCUT2D eigenvalue weighted by molar-refractivity contribution is -0.111. The van der Waals surface area contributed by atoms with Gasteiger partial charge in [0.05, 0.1) is 5.69 Å². The maximum absolute atomic E-state index is 12.3. The van der Waals surface area contributed by atoms with E-state index in [0.29, 0.717) is 13.1 Å². The van der Waals surface area contributed by atoms with E-state index in [1.54, 1.807) is 11.1 Å². The summed E-state index contributed by atoms with van der Waals surface area (Å²) in [6.07, 6.45) is 4.12. The zero-order valence-electron chi connectivity index (χ0n) is 13.6. The molecule has 2 atom stereocenters. The number of amides is 1. The highest BCUT2D eigenvalue weighted by Crippen LogP contribution is 2.34. The van der Waals surface area contributed by atoms with Crippen LogP contribution in [0.1, 0.15) is 32.4 Å². The molecular weight excluding hydrogens is 294 g/mol. The Morgan fingerprint density at radius 1 is 1.39 bits per heavy atom. The van der Waals surface area contributed by atoms with Crippen LogP contribution < -0.4 is 0 Å². The van der Waals surface area contributed by atoms with Crippen LogP contribution in [0.15, 0.2) is 24.5 Å². The van der Waals surface area contributed by atoms with Crippen molar-refractivity contribution in [3.05, 3.63) is 30.2 Å². The first-order valence-electron chi connectivity index (χ1n) is 7.74. The number of ether oxygens (including phenoxy) is 1. The van der Waals surface area contributed by atoms with E-state index in [2.05, 4.69) is 9.97 Å². The molecular formula is C17H21N3O3. The Morgan fingerprint density at radius 2 is 2.17 bits per heavy atom. The van der Waals surface area contributed by atoms with E-state index in [0.717, 1.165) is 22.9 Å². The molecule has 1 aliphatic heterocycles. The molecule has 6 heteroatoms. The summed E-state index contributed by atoms with van der Waals surface area (Å²) in [6, 6.07) is 3.85. The van der Waals surface area contributed by atoms with Gasteiger partial charge in [0.1, 0.15) is 11.9 Å². The Morgan fingerprint density at radius 3 is 2.87 bits per heavy atom. The molecule has 2 aromatic heterocycles. The van der Waals surface area contributed by atoms with Crippen LogP contribution in [-0.2, 0) is 9.53 Å². The van der Waals surface area contributed by atoms with Crippen molar-refractivity contribution in [1.82, 2.24) is 14.9 Å². The third-order valence-corrected chi connectivity index (χ3v) is 4.05. The van der Waals surface area contributed by atoms with Gasteiger partial charge in [0.25, 0.3) is 0 Å². The van der Waals surface area contributed by atoms with Crippen molar-refractivity contribution in [2.45, 2.75) is 32.3 Å². The summed E-state index contributed by atoms with van der Waals surface area (Å²) in [5.41, 5.74) is 1.28. The summed E-state index contributed by atoms with van der Waals surface area (Å²) >= 11 is 0. The van der Waals surface area contributed by atoms with Gasteiger partial charge in [0.15, 0.2) is 0 Å². The summed E-state index contributed by atoms with van der Waals surface area (Å²) in [6.45, 7) is 6.30. The van der Waals surface area contributed by atoms with Gasteiger partial charge in [0.2, 0.25) is 0 Å². The molecule has 3 heterocycles. The molecule has 2 aromatic rings. The highest BCUT2D eigenvalue weighted by molar-refractivity contribution is 5.83. The minimum atomic E-state index is -0.551. The lowest BCUT2D eigenvalue weighted by Gasteiger charge is -2.24. The Kier molecular flexibility index (Phi) is 3.83. The fourth-order valence-electron chi connectivity index (χ4n) is 3.03. The molecule has 0 unspecified atom stereocenters. The number of nitrogens with zero attached hydrogens (tertiary/aromatic N) is 2. The SMILES string of the molecule is CC(C)(C)OC(=O)N1C[C@H](C=O)[C@H](c2nccc3[nH]ccc23)C1. The number of hydrogen-bond donors (Lipinski definition) is 1. The van der Waals surface area contributed by atoms with Gasteiger partial charge in [-0.15, -0.1) is 0 Å². The maximum Gasteiger partial charge on any atom is 0.410 e. The summed E-state index contributed by atoms with van der Waals surface area (Å²) in [4.78, 5) is 33.0. The number of carbonyl (C=O) groups is 2. The van der Waals surface area contributed by atoms with Crippen LogP contribution in [0.25, 0.3) is 10.9 Å². The number of rotatable bonds is 2. The molecule has 1 aliphatic rings. The number of pyridine rings is 1. The Hall–Kier alpha value is -2.37. The number of hydrogen-bond acceptors (Lipinski definition) is 4. The molecule has 1 amide bonds. The van der Waals surface area contributed by atoms with Crippen LogP contribution in [0.2, 0.25) is 0 Å². The monoisotopic (exact) mass is 315 g/mol. The third kappa shape index (κ3) is 3.06. The molecule has 1 fully saturated rings. The van der Waals surface area contributed by atoms with Gasteiger partial charge in [-0.2, -0.15) is 0 Å². The van der Waals surface area contributed by atoms with Gasteiger partial charge in [-0.1, -0.05) is 0 Å². The molecule has 1 saturated heterocycles. The Bertz CT molecular complexity index is 732. The van der Waals surface area contributed by atoms with E-state index < -0.39 is 5.60 Å². The average molecular weight is 315 g/mol. The third-order valence-electron chi connectivity index (χ3n) is 4.05. The first-order valence-corrected chi connectivity index (χ1v) is 7.74. The highest BCUT2D eigenvalue weighted by atomic mass is 16.6. The van der Waals surface area contributed by atoms with Crippen molar-refractivity contribution in [3.8, 4) is 0 Å². The van der Waals surface area contributed by atoms with E-state index in [1.165, 1.54) is 0 Å². The molecule has 23 heavy (non-hydrogen) atoms. The summed E-state index contributed by atoms with van der Waals surface area (Å²) in [5, 5.41) is 0.996. The molecule has 1 N–H and O–H groups in total. The number of likely N-dealkylation sites (tertiary alicyclic amines) is 1. The van der Waals surface area contributed by atoms with Gasteiger partial charge in [-0.25, -0.2) is 4.79 Å². The highest BCUT2D eigenvalue weighted by Gasteiger charge is 2.39. The average Bonchev–Trinajstić information content (AvgIpc) is 3.11. The lowest BCUT2D eigenvalue weighted by Crippen LogP contribution is -2.35. The van der Waals surface area contributed by atoms with Crippen molar-refractivity contribution >= 4 is 23.3 Å². The van der Waals surface area contributed by atoms with Crippen LogP contribution in [-0.4, -0.2) is 45.9 Å².